The van der Waals surface area contributed by atoms with Gasteiger partial charge in [0.25, 0.3) is 11.8 Å². The molecule has 1 unspecified atom stereocenters. The van der Waals surface area contributed by atoms with Crippen LogP contribution < -0.4 is 25.8 Å². The number of likely N-dealkylation sites (N-methyl/N-ethyl adjacent to an activating group) is 1. The maximum absolute atomic E-state index is 14.5. The molecule has 0 saturated carbocycles. The fourth-order valence-corrected chi connectivity index (χ4v) is 10.4. The van der Waals surface area contributed by atoms with Gasteiger partial charge in [0.15, 0.2) is 11.6 Å². The minimum atomic E-state index is -1.26. The van der Waals surface area contributed by atoms with Gasteiger partial charge < -0.3 is 30.7 Å². The molecule has 4 aromatic rings. The van der Waals surface area contributed by atoms with Gasteiger partial charge in [0.1, 0.15) is 5.92 Å². The van der Waals surface area contributed by atoms with Crippen molar-refractivity contribution in [1.29, 1.82) is 0 Å². The van der Waals surface area contributed by atoms with Crippen LogP contribution in [0.4, 0.5) is 34.9 Å². The number of imide groups is 1. The number of benzene rings is 3. The van der Waals surface area contributed by atoms with Crippen molar-refractivity contribution >= 4 is 111 Å². The molecular weight excluding hydrogens is 970 g/mol. The molecule has 0 saturated heterocycles. The van der Waals surface area contributed by atoms with E-state index in [9.17, 15) is 19.2 Å². The largest absolute Gasteiger partial charge is 0.365 e. The van der Waals surface area contributed by atoms with Crippen LogP contribution in [0.5, 0.6) is 0 Å². The molecule has 1 atom stereocenters. The van der Waals surface area contributed by atoms with Crippen molar-refractivity contribution in [3.8, 4) is 0 Å². The normalized spacial score (nSPS) is 15.4. The maximum atomic E-state index is 14.5. The Morgan fingerprint density at radius 3 is 1.60 bits per heavy atom. The van der Waals surface area contributed by atoms with E-state index in [2.05, 4.69) is 53.4 Å². The van der Waals surface area contributed by atoms with E-state index in [0.717, 1.165) is 82.7 Å². The van der Waals surface area contributed by atoms with Crippen molar-refractivity contribution in [2.24, 2.45) is 5.92 Å². The number of fused-ring (bicyclic) bond motifs is 3. The summed E-state index contributed by atoms with van der Waals surface area (Å²) < 4.78 is 0. The fourth-order valence-electron chi connectivity index (χ4n) is 9.36. The lowest BCUT2D eigenvalue weighted by Crippen LogP contribution is -2.44. The van der Waals surface area contributed by atoms with Gasteiger partial charge in [-0.15, -0.1) is 0 Å². The molecule has 1 aliphatic carbocycles. The highest BCUT2D eigenvalue weighted by Gasteiger charge is 2.49. The second-order valence-corrected chi connectivity index (χ2v) is 19.7. The molecule has 0 fully saturated rings. The highest BCUT2D eigenvalue weighted by Crippen LogP contribution is 2.49. The van der Waals surface area contributed by atoms with Gasteiger partial charge >= 0.3 is 0 Å². The highest BCUT2D eigenvalue weighted by molar-refractivity contribution is 6.55. The average Bonchev–Trinajstić information content (AvgIpc) is 3.76. The van der Waals surface area contributed by atoms with Gasteiger partial charge in [-0.05, 0) is 108 Å². The van der Waals surface area contributed by atoms with Crippen LogP contribution in [0.25, 0.3) is 6.08 Å². The van der Waals surface area contributed by atoms with Gasteiger partial charge in [-0.3, -0.25) is 19.2 Å². The van der Waals surface area contributed by atoms with Crippen molar-refractivity contribution in [3.63, 3.8) is 0 Å². The fraction of sp³-hybridized carbons (Fsp3) is 0.481. The van der Waals surface area contributed by atoms with Crippen LogP contribution in [-0.2, 0) is 0 Å². The predicted octanol–water partition coefficient (Wildman–Crippen LogP) is 12.0. The van der Waals surface area contributed by atoms with E-state index in [1.54, 1.807) is 54.4 Å². The molecule has 3 aliphatic rings. The lowest BCUT2D eigenvalue weighted by Gasteiger charge is -2.37. The van der Waals surface area contributed by atoms with Gasteiger partial charge in [-0.2, -0.15) is 15.0 Å². The minimum Gasteiger partial charge on any atom is -0.365 e. The van der Waals surface area contributed by atoms with Crippen LogP contribution in [0.1, 0.15) is 139 Å². The van der Waals surface area contributed by atoms with Gasteiger partial charge in [0.2, 0.25) is 17.8 Å². The standard InChI is InChI=1S/C52H64Cl4N10O4/c1-6-10-25-64(26-11-7-2)29-15-23-57-50-60-51(58-24-16-30-65(27-12-8-3)28-13-9-4)62-52(61-50)59-33-20-21-34-35(31-33)49(70)66(48(34)69)37-18-14-17-32-19-22-36(63(5)45(32)37)38-46(67)39-40(47(38)68)42(54)44(56)43(55)41(39)53/h14,17-22,31,36,38H,6-13,15-16,23-30H2,1-5H3,(H3,57,58,59,60,61,62). The van der Waals surface area contributed by atoms with Gasteiger partial charge in [-0.1, -0.05) is 124 Å². The molecule has 7 rings (SSSR count). The van der Waals surface area contributed by atoms with E-state index in [1.165, 1.54) is 25.7 Å². The highest BCUT2D eigenvalue weighted by atomic mass is 35.5. The van der Waals surface area contributed by atoms with E-state index in [4.69, 9.17) is 61.4 Å². The Kier molecular flexibility index (Phi) is 18.6. The van der Waals surface area contributed by atoms with Crippen LogP contribution in [0.15, 0.2) is 42.5 Å². The van der Waals surface area contributed by atoms with E-state index < -0.39 is 35.3 Å². The number of ketones is 2. The first-order valence-electron chi connectivity index (χ1n) is 24.8. The van der Waals surface area contributed by atoms with Crippen LogP contribution in [0, 0.1) is 5.92 Å². The zero-order valence-corrected chi connectivity index (χ0v) is 43.8. The minimum absolute atomic E-state index is 0.0800. The Labute approximate surface area is 431 Å². The number of hydrogen-bond donors (Lipinski definition) is 3. The molecular formula is C52H64Cl4N10O4. The number of nitrogens with zero attached hydrogens (tertiary/aromatic N) is 7. The SMILES string of the molecule is CCCCN(CCCC)CCCNc1nc(NCCCN(CCCC)CCCC)nc(Nc2ccc3c(c2)C(=O)N(c2cccc4c2N(C)C(C2C(=O)c5c(Cl)c(Cl)c(Cl)c(Cl)c5C2=O)C=C4)C3=O)n1. The summed E-state index contributed by atoms with van der Waals surface area (Å²) in [6.07, 6.45) is 14.7. The van der Waals surface area contributed by atoms with Crippen molar-refractivity contribution in [1.82, 2.24) is 24.8 Å². The topological polar surface area (TPSA) is 156 Å². The molecule has 2 amide bonds. The molecule has 3 N–H and O–H groups in total. The molecule has 0 radical (unpaired) electrons. The average molecular weight is 1030 g/mol. The van der Waals surface area contributed by atoms with Gasteiger partial charge in [-0.25, -0.2) is 4.90 Å². The third-order valence-electron chi connectivity index (χ3n) is 13.2. The number of para-hydroxylation sites is 1. The number of hydrogen-bond acceptors (Lipinski definition) is 13. The summed E-state index contributed by atoms with van der Waals surface area (Å²) in [6, 6.07) is 9.36. The summed E-state index contributed by atoms with van der Waals surface area (Å²) in [5.74, 6) is -2.32. The molecule has 374 valence electrons. The molecule has 14 nitrogen and oxygen atoms in total. The number of unbranched alkanes of at least 4 members (excludes halogenated alkanes) is 4. The quantitative estimate of drug-likeness (QED) is 0.0180. The number of carbonyl (C=O) groups is 4. The van der Waals surface area contributed by atoms with Crippen LogP contribution in [0.3, 0.4) is 0 Å². The zero-order valence-electron chi connectivity index (χ0n) is 40.8. The second kappa shape index (κ2) is 24.5. The van der Waals surface area contributed by atoms with Gasteiger partial charge in [0, 0.05) is 25.8 Å². The predicted molar refractivity (Wildman–Crippen MR) is 286 cm³/mol. The van der Waals surface area contributed by atoms with Crippen molar-refractivity contribution in [2.45, 2.75) is 97.9 Å². The number of anilines is 6. The van der Waals surface area contributed by atoms with Crippen molar-refractivity contribution < 1.29 is 19.2 Å². The molecule has 3 heterocycles. The van der Waals surface area contributed by atoms with Crippen LogP contribution in [0.2, 0.25) is 20.1 Å². The zero-order chi connectivity index (χ0) is 50.1. The molecule has 3 aromatic carbocycles. The summed E-state index contributed by atoms with van der Waals surface area (Å²) in [4.78, 5) is 78.9. The maximum Gasteiger partial charge on any atom is 0.266 e. The monoisotopic (exact) mass is 1030 g/mol. The summed E-state index contributed by atoms with van der Waals surface area (Å²) >= 11 is 25.6. The van der Waals surface area contributed by atoms with Crippen molar-refractivity contribution in [2.75, 3.05) is 85.2 Å². The Balaban J connectivity index is 1.10. The molecule has 70 heavy (non-hydrogen) atoms. The molecule has 0 bridgehead atoms. The first kappa shape index (κ1) is 53.0. The number of nitrogens with one attached hydrogen (secondary N) is 3. The lowest BCUT2D eigenvalue weighted by atomic mass is 9.89. The number of halogens is 4. The van der Waals surface area contributed by atoms with Crippen LogP contribution >= 0.6 is 46.4 Å². The molecule has 18 heteroatoms. The van der Waals surface area contributed by atoms with E-state index in [-0.39, 0.29) is 54.0 Å². The first-order valence-corrected chi connectivity index (χ1v) is 26.3. The second-order valence-electron chi connectivity index (χ2n) is 18.2. The number of Topliss-reactive ketones (excluding diaryl/α,β-unsaturated/α-hetero) is 2. The van der Waals surface area contributed by atoms with E-state index in [1.807, 2.05) is 6.07 Å². The Hall–Kier alpha value is -4.83. The van der Waals surface area contributed by atoms with E-state index >= 15 is 0 Å². The number of aromatic nitrogens is 3. The third kappa shape index (κ3) is 11.6. The number of carbonyl (C=O) groups excluding carboxylic acids is 4. The first-order chi connectivity index (χ1) is 33.8. The lowest BCUT2D eigenvalue weighted by molar-refractivity contribution is 0.0824. The summed E-state index contributed by atoms with van der Waals surface area (Å²) in [6.45, 7) is 16.6. The number of rotatable bonds is 26. The molecule has 2 aliphatic heterocycles. The smallest absolute Gasteiger partial charge is 0.266 e. The number of amides is 2. The Morgan fingerprint density at radius 2 is 1.09 bits per heavy atom. The summed E-state index contributed by atoms with van der Waals surface area (Å²) in [5, 5.41) is 9.63. The Bertz CT molecular complexity index is 2500. The molecule has 1 aromatic heterocycles. The Morgan fingerprint density at radius 1 is 0.600 bits per heavy atom. The van der Waals surface area contributed by atoms with E-state index in [0.29, 0.717) is 41.9 Å². The molecule has 0 spiro atoms. The van der Waals surface area contributed by atoms with Crippen LogP contribution in [-0.4, -0.2) is 114 Å². The third-order valence-corrected chi connectivity index (χ3v) is 15.0. The van der Waals surface area contributed by atoms with Crippen molar-refractivity contribution in [3.05, 3.63) is 90.4 Å². The van der Waals surface area contributed by atoms with Gasteiger partial charge in [0.05, 0.1) is 59.8 Å². The summed E-state index contributed by atoms with van der Waals surface area (Å²) in [7, 11) is 1.70. The summed E-state index contributed by atoms with van der Waals surface area (Å²) in [5.41, 5.74) is 2.17.